The first-order valence-electron chi connectivity index (χ1n) is 5.98. The molecule has 3 rings (SSSR count). The molecule has 1 N–H and O–H groups in total. The molecule has 0 radical (unpaired) electrons. The van der Waals surface area contributed by atoms with Gasteiger partial charge in [-0.25, -0.2) is 0 Å². The lowest BCUT2D eigenvalue weighted by Gasteiger charge is -2.06. The van der Waals surface area contributed by atoms with E-state index in [0.717, 1.165) is 17.5 Å². The SMILES string of the molecule is C[C@H]1C[C@H]1CNc1ccc2nnc(C(F)(F)F)n2n1. The van der Waals surface area contributed by atoms with Gasteiger partial charge in [-0.1, -0.05) is 6.92 Å². The molecule has 0 amide bonds. The van der Waals surface area contributed by atoms with Gasteiger partial charge in [-0.05, 0) is 30.4 Å². The first kappa shape index (κ1) is 12.2. The topological polar surface area (TPSA) is 55.1 Å². The van der Waals surface area contributed by atoms with Crippen molar-refractivity contribution >= 4 is 11.5 Å². The van der Waals surface area contributed by atoms with Crippen LogP contribution in [0.4, 0.5) is 19.0 Å². The second kappa shape index (κ2) is 4.07. The Hall–Kier alpha value is -1.86. The van der Waals surface area contributed by atoms with E-state index >= 15 is 0 Å². The fourth-order valence-electron chi connectivity index (χ4n) is 1.98. The largest absolute Gasteiger partial charge is 0.453 e. The quantitative estimate of drug-likeness (QED) is 0.930. The molecule has 1 fully saturated rings. The van der Waals surface area contributed by atoms with Crippen LogP contribution in [0.2, 0.25) is 0 Å². The molecule has 2 aromatic heterocycles. The summed E-state index contributed by atoms with van der Waals surface area (Å²) in [6, 6.07) is 3.07. The van der Waals surface area contributed by atoms with E-state index in [1.54, 1.807) is 6.07 Å². The summed E-state index contributed by atoms with van der Waals surface area (Å²) < 4.78 is 38.7. The van der Waals surface area contributed by atoms with Crippen LogP contribution in [-0.2, 0) is 6.18 Å². The van der Waals surface area contributed by atoms with Gasteiger partial charge in [-0.3, -0.25) is 0 Å². The molecule has 0 saturated heterocycles. The molecule has 2 heterocycles. The van der Waals surface area contributed by atoms with Gasteiger partial charge in [0.05, 0.1) is 0 Å². The fraction of sp³-hybridized carbons (Fsp3) is 0.545. The van der Waals surface area contributed by atoms with Crippen LogP contribution in [0.1, 0.15) is 19.2 Å². The van der Waals surface area contributed by atoms with E-state index in [1.165, 1.54) is 6.07 Å². The number of rotatable bonds is 3. The van der Waals surface area contributed by atoms with Crippen molar-refractivity contribution in [2.24, 2.45) is 11.8 Å². The Kier molecular flexibility index (Phi) is 2.61. The number of aromatic nitrogens is 4. The number of fused-ring (bicyclic) bond motifs is 1. The van der Waals surface area contributed by atoms with Crippen LogP contribution in [0.15, 0.2) is 12.1 Å². The minimum absolute atomic E-state index is 0.0812. The Labute approximate surface area is 106 Å². The van der Waals surface area contributed by atoms with Gasteiger partial charge >= 0.3 is 6.18 Å². The number of hydrogen-bond acceptors (Lipinski definition) is 4. The van der Waals surface area contributed by atoms with Gasteiger partial charge in [0.2, 0.25) is 0 Å². The highest BCUT2D eigenvalue weighted by molar-refractivity contribution is 5.44. The smallest absolute Gasteiger partial charge is 0.368 e. The number of hydrogen-bond donors (Lipinski definition) is 1. The van der Waals surface area contributed by atoms with E-state index in [2.05, 4.69) is 27.5 Å². The van der Waals surface area contributed by atoms with Crippen molar-refractivity contribution in [3.05, 3.63) is 18.0 Å². The lowest BCUT2D eigenvalue weighted by atomic mass is 10.3. The molecular weight excluding hydrogens is 259 g/mol. The van der Waals surface area contributed by atoms with Crippen LogP contribution in [0, 0.1) is 11.8 Å². The maximum Gasteiger partial charge on any atom is 0.453 e. The van der Waals surface area contributed by atoms with Crippen molar-refractivity contribution in [3.63, 3.8) is 0 Å². The summed E-state index contributed by atoms with van der Waals surface area (Å²) in [5.41, 5.74) is 0.0812. The molecule has 19 heavy (non-hydrogen) atoms. The number of alkyl halides is 3. The van der Waals surface area contributed by atoms with Crippen LogP contribution >= 0.6 is 0 Å². The second-order valence-electron chi connectivity index (χ2n) is 4.86. The summed E-state index contributed by atoms with van der Waals surface area (Å²) >= 11 is 0. The maximum absolute atomic E-state index is 12.7. The minimum Gasteiger partial charge on any atom is -0.368 e. The molecule has 1 saturated carbocycles. The minimum atomic E-state index is -4.56. The summed E-state index contributed by atoms with van der Waals surface area (Å²) in [6.07, 6.45) is -3.41. The van der Waals surface area contributed by atoms with Gasteiger partial charge in [0.15, 0.2) is 5.65 Å². The summed E-state index contributed by atoms with van der Waals surface area (Å²) in [5, 5.41) is 13.5. The van der Waals surface area contributed by atoms with Crippen molar-refractivity contribution in [3.8, 4) is 0 Å². The summed E-state index contributed by atoms with van der Waals surface area (Å²) in [5.74, 6) is 0.556. The van der Waals surface area contributed by atoms with E-state index in [9.17, 15) is 13.2 Å². The zero-order chi connectivity index (χ0) is 13.6. The third-order valence-corrected chi connectivity index (χ3v) is 3.34. The van der Waals surface area contributed by atoms with Gasteiger partial charge in [-0.15, -0.1) is 15.3 Å². The predicted molar refractivity (Wildman–Crippen MR) is 61.5 cm³/mol. The monoisotopic (exact) mass is 271 g/mol. The standard InChI is InChI=1S/C11H12F3N5/c1-6-4-7(6)5-15-8-2-3-9-16-17-10(11(12,13)14)19(9)18-8/h2-3,6-7H,4-5H2,1H3,(H,15,18)/t6-,7-/m0/s1. The number of nitrogens with one attached hydrogen (secondary N) is 1. The molecule has 0 aliphatic heterocycles. The van der Waals surface area contributed by atoms with Gasteiger partial charge in [-0.2, -0.15) is 17.7 Å². The van der Waals surface area contributed by atoms with E-state index in [-0.39, 0.29) is 5.65 Å². The van der Waals surface area contributed by atoms with Gasteiger partial charge in [0, 0.05) is 6.54 Å². The van der Waals surface area contributed by atoms with E-state index in [0.29, 0.717) is 17.7 Å². The first-order valence-corrected chi connectivity index (χ1v) is 5.98. The number of nitrogens with zero attached hydrogens (tertiary/aromatic N) is 4. The molecule has 2 aromatic rings. The Balaban J connectivity index is 1.86. The van der Waals surface area contributed by atoms with E-state index in [4.69, 9.17) is 0 Å². The highest BCUT2D eigenvalue weighted by atomic mass is 19.4. The van der Waals surface area contributed by atoms with Crippen molar-refractivity contribution in [1.82, 2.24) is 19.8 Å². The fourth-order valence-corrected chi connectivity index (χ4v) is 1.98. The number of halogens is 3. The van der Waals surface area contributed by atoms with Gasteiger partial charge in [0.1, 0.15) is 5.82 Å². The predicted octanol–water partition coefficient (Wildman–Crippen LogP) is 2.21. The molecule has 0 aromatic carbocycles. The van der Waals surface area contributed by atoms with Crippen molar-refractivity contribution in [1.29, 1.82) is 0 Å². The van der Waals surface area contributed by atoms with Crippen LogP contribution < -0.4 is 5.32 Å². The molecule has 5 nitrogen and oxygen atoms in total. The first-order chi connectivity index (χ1) is 8.95. The number of anilines is 1. The average Bonchev–Trinajstić information content (AvgIpc) is 2.88. The highest BCUT2D eigenvalue weighted by Crippen LogP contribution is 2.37. The Morgan fingerprint density at radius 1 is 1.37 bits per heavy atom. The molecule has 0 bridgehead atoms. The van der Waals surface area contributed by atoms with E-state index < -0.39 is 12.0 Å². The third-order valence-electron chi connectivity index (χ3n) is 3.34. The van der Waals surface area contributed by atoms with Crippen molar-refractivity contribution in [2.75, 3.05) is 11.9 Å². The highest BCUT2D eigenvalue weighted by Gasteiger charge is 2.37. The van der Waals surface area contributed by atoms with E-state index in [1.807, 2.05) is 0 Å². The summed E-state index contributed by atoms with van der Waals surface area (Å²) in [6.45, 7) is 2.87. The summed E-state index contributed by atoms with van der Waals surface area (Å²) in [7, 11) is 0. The normalized spacial score (nSPS) is 22.7. The Morgan fingerprint density at radius 2 is 2.11 bits per heavy atom. The van der Waals surface area contributed by atoms with Crippen LogP contribution in [-0.4, -0.2) is 26.4 Å². The van der Waals surface area contributed by atoms with Gasteiger partial charge < -0.3 is 5.32 Å². The molecule has 2 atom stereocenters. The van der Waals surface area contributed by atoms with Crippen molar-refractivity contribution in [2.45, 2.75) is 19.5 Å². The summed E-state index contributed by atoms with van der Waals surface area (Å²) in [4.78, 5) is 0. The molecule has 8 heteroatoms. The van der Waals surface area contributed by atoms with Crippen LogP contribution in [0.5, 0.6) is 0 Å². The van der Waals surface area contributed by atoms with Crippen molar-refractivity contribution < 1.29 is 13.2 Å². The molecule has 102 valence electrons. The molecule has 0 unspecified atom stereocenters. The lowest BCUT2D eigenvalue weighted by molar-refractivity contribution is -0.146. The van der Waals surface area contributed by atoms with Crippen LogP contribution in [0.25, 0.3) is 5.65 Å². The Morgan fingerprint density at radius 3 is 2.74 bits per heavy atom. The maximum atomic E-state index is 12.7. The molecule has 0 spiro atoms. The Bertz CT molecular complexity index is 606. The lowest BCUT2D eigenvalue weighted by Crippen LogP contribution is -2.14. The zero-order valence-corrected chi connectivity index (χ0v) is 10.1. The molecule has 1 aliphatic carbocycles. The molecule has 1 aliphatic rings. The third kappa shape index (κ3) is 2.34. The average molecular weight is 271 g/mol. The van der Waals surface area contributed by atoms with Crippen LogP contribution in [0.3, 0.4) is 0 Å². The second-order valence-corrected chi connectivity index (χ2v) is 4.86. The zero-order valence-electron chi connectivity index (χ0n) is 10.1. The molecular formula is C11H12F3N5. The van der Waals surface area contributed by atoms with Gasteiger partial charge in [0.25, 0.3) is 5.82 Å².